The zero-order valence-corrected chi connectivity index (χ0v) is 9.64. The molecule has 1 amide bonds. The number of halogens is 1. The normalized spacial score (nSPS) is 10.5. The fourth-order valence-electron chi connectivity index (χ4n) is 1.50. The van der Waals surface area contributed by atoms with Gasteiger partial charge in [0.05, 0.1) is 0 Å². The number of rotatable bonds is 3. The first-order valence-corrected chi connectivity index (χ1v) is 5.54. The molecule has 0 heterocycles. The predicted molar refractivity (Wildman–Crippen MR) is 69.3 cm³/mol. The number of benzene rings is 2. The molecule has 2 aromatic rings. The second-order valence-electron chi connectivity index (χ2n) is 3.73. The third kappa shape index (κ3) is 3.28. The molecule has 0 aromatic heterocycles. The van der Waals surface area contributed by atoms with Gasteiger partial charge in [-0.15, -0.1) is 0 Å². The maximum atomic E-state index is 12.9. The molecule has 2 nitrogen and oxygen atoms in total. The van der Waals surface area contributed by atoms with Crippen LogP contribution >= 0.6 is 0 Å². The van der Waals surface area contributed by atoms with Crippen LogP contribution < -0.4 is 5.32 Å². The van der Waals surface area contributed by atoms with Gasteiger partial charge in [-0.2, -0.15) is 0 Å². The molecule has 0 saturated carbocycles. The molecule has 18 heavy (non-hydrogen) atoms. The second-order valence-corrected chi connectivity index (χ2v) is 3.73. The lowest BCUT2D eigenvalue weighted by Crippen LogP contribution is -2.16. The van der Waals surface area contributed by atoms with Gasteiger partial charge in [0.2, 0.25) is 0 Å². The lowest BCUT2D eigenvalue weighted by atomic mass is 10.2. The Morgan fingerprint density at radius 1 is 1.06 bits per heavy atom. The SMILES string of the molecule is O=C(N/C=C/c1cccc(F)c1)c1ccccc1. The van der Waals surface area contributed by atoms with Gasteiger partial charge in [0, 0.05) is 11.8 Å². The Hall–Kier alpha value is -2.42. The Bertz CT molecular complexity index is 564. The topological polar surface area (TPSA) is 29.1 Å². The highest BCUT2D eigenvalue weighted by atomic mass is 19.1. The van der Waals surface area contributed by atoms with E-state index in [1.807, 2.05) is 6.07 Å². The van der Waals surface area contributed by atoms with Crippen LogP contribution in [0, 0.1) is 5.82 Å². The third-order valence-corrected chi connectivity index (χ3v) is 2.37. The summed E-state index contributed by atoms with van der Waals surface area (Å²) >= 11 is 0. The minimum atomic E-state index is -0.300. The van der Waals surface area contributed by atoms with Crippen molar-refractivity contribution in [2.24, 2.45) is 0 Å². The molecule has 0 unspecified atom stereocenters. The summed E-state index contributed by atoms with van der Waals surface area (Å²) in [5.74, 6) is -0.491. The zero-order valence-electron chi connectivity index (χ0n) is 9.64. The highest BCUT2D eigenvalue weighted by Crippen LogP contribution is 2.05. The van der Waals surface area contributed by atoms with Gasteiger partial charge in [-0.05, 0) is 35.9 Å². The first-order valence-electron chi connectivity index (χ1n) is 5.54. The van der Waals surface area contributed by atoms with Gasteiger partial charge in [-0.1, -0.05) is 30.3 Å². The number of hydrogen-bond acceptors (Lipinski definition) is 1. The lowest BCUT2D eigenvalue weighted by Gasteiger charge is -1.99. The summed E-state index contributed by atoms with van der Waals surface area (Å²) in [6.45, 7) is 0. The van der Waals surface area contributed by atoms with Gasteiger partial charge in [-0.25, -0.2) is 4.39 Å². The van der Waals surface area contributed by atoms with Crippen LogP contribution in [0.4, 0.5) is 4.39 Å². The van der Waals surface area contributed by atoms with E-state index in [4.69, 9.17) is 0 Å². The number of nitrogens with one attached hydrogen (secondary N) is 1. The van der Waals surface area contributed by atoms with Crippen LogP contribution in [0.5, 0.6) is 0 Å². The van der Waals surface area contributed by atoms with Crippen molar-refractivity contribution in [1.82, 2.24) is 5.32 Å². The van der Waals surface area contributed by atoms with E-state index in [1.54, 1.807) is 42.5 Å². The minimum absolute atomic E-state index is 0.191. The molecule has 2 aromatic carbocycles. The number of amides is 1. The maximum absolute atomic E-state index is 12.9. The number of carbonyl (C=O) groups excluding carboxylic acids is 1. The highest BCUT2D eigenvalue weighted by Gasteiger charge is 2.00. The zero-order chi connectivity index (χ0) is 12.8. The average Bonchev–Trinajstić information content (AvgIpc) is 2.40. The van der Waals surface area contributed by atoms with Gasteiger partial charge >= 0.3 is 0 Å². The molecular formula is C15H12FNO. The van der Waals surface area contributed by atoms with Crippen molar-refractivity contribution in [2.75, 3.05) is 0 Å². The van der Waals surface area contributed by atoms with E-state index in [9.17, 15) is 9.18 Å². The van der Waals surface area contributed by atoms with Crippen molar-refractivity contribution >= 4 is 12.0 Å². The van der Waals surface area contributed by atoms with Crippen LogP contribution in [0.1, 0.15) is 15.9 Å². The summed E-state index contributed by atoms with van der Waals surface area (Å²) in [4.78, 5) is 11.7. The molecule has 0 aliphatic carbocycles. The minimum Gasteiger partial charge on any atom is -0.329 e. The Morgan fingerprint density at radius 2 is 1.83 bits per heavy atom. The molecule has 0 atom stereocenters. The fourth-order valence-corrected chi connectivity index (χ4v) is 1.50. The molecule has 2 rings (SSSR count). The third-order valence-electron chi connectivity index (χ3n) is 2.37. The average molecular weight is 241 g/mol. The summed E-state index contributed by atoms with van der Waals surface area (Å²) < 4.78 is 12.9. The molecule has 0 bridgehead atoms. The monoisotopic (exact) mass is 241 g/mol. The molecular weight excluding hydrogens is 229 g/mol. The van der Waals surface area contributed by atoms with E-state index in [1.165, 1.54) is 18.3 Å². The van der Waals surface area contributed by atoms with Gasteiger partial charge in [0.1, 0.15) is 5.82 Å². The van der Waals surface area contributed by atoms with E-state index >= 15 is 0 Å². The lowest BCUT2D eigenvalue weighted by molar-refractivity contribution is 0.0970. The van der Waals surface area contributed by atoms with Crippen molar-refractivity contribution in [3.05, 3.63) is 77.7 Å². The van der Waals surface area contributed by atoms with Gasteiger partial charge in [-0.3, -0.25) is 4.79 Å². The molecule has 1 N–H and O–H groups in total. The smallest absolute Gasteiger partial charge is 0.255 e. The first-order chi connectivity index (χ1) is 8.75. The van der Waals surface area contributed by atoms with Crippen LogP contribution in [-0.4, -0.2) is 5.91 Å². The van der Waals surface area contributed by atoms with E-state index in [0.717, 1.165) is 0 Å². The summed E-state index contributed by atoms with van der Waals surface area (Å²) in [6.07, 6.45) is 3.15. The van der Waals surface area contributed by atoms with Crippen LogP contribution in [-0.2, 0) is 0 Å². The van der Waals surface area contributed by atoms with Crippen LogP contribution in [0.25, 0.3) is 6.08 Å². The molecule has 0 spiro atoms. The molecule has 90 valence electrons. The van der Waals surface area contributed by atoms with Crippen LogP contribution in [0.3, 0.4) is 0 Å². The van der Waals surface area contributed by atoms with Crippen LogP contribution in [0.2, 0.25) is 0 Å². The van der Waals surface area contributed by atoms with E-state index < -0.39 is 0 Å². The quantitative estimate of drug-likeness (QED) is 0.878. The Labute approximate surface area is 105 Å². The molecule has 3 heteroatoms. The number of hydrogen-bond donors (Lipinski definition) is 1. The molecule has 0 fully saturated rings. The Kier molecular flexibility index (Phi) is 3.86. The van der Waals surface area contributed by atoms with Gasteiger partial charge in [0.15, 0.2) is 0 Å². The summed E-state index contributed by atoms with van der Waals surface area (Å²) in [7, 11) is 0. The van der Waals surface area contributed by atoms with Crippen molar-refractivity contribution in [1.29, 1.82) is 0 Å². The van der Waals surface area contributed by atoms with Crippen molar-refractivity contribution in [3.63, 3.8) is 0 Å². The Morgan fingerprint density at radius 3 is 2.56 bits per heavy atom. The summed E-state index contributed by atoms with van der Waals surface area (Å²) in [6, 6.07) is 15.0. The van der Waals surface area contributed by atoms with Crippen molar-refractivity contribution < 1.29 is 9.18 Å². The van der Waals surface area contributed by atoms with Crippen molar-refractivity contribution in [2.45, 2.75) is 0 Å². The fraction of sp³-hybridized carbons (Fsp3) is 0. The van der Waals surface area contributed by atoms with Gasteiger partial charge in [0.25, 0.3) is 5.91 Å². The van der Waals surface area contributed by atoms with Gasteiger partial charge < -0.3 is 5.32 Å². The van der Waals surface area contributed by atoms with E-state index in [-0.39, 0.29) is 11.7 Å². The Balaban J connectivity index is 1.98. The van der Waals surface area contributed by atoms with E-state index in [2.05, 4.69) is 5.32 Å². The van der Waals surface area contributed by atoms with Crippen LogP contribution in [0.15, 0.2) is 60.8 Å². The molecule has 0 aliphatic rings. The number of carbonyl (C=O) groups is 1. The maximum Gasteiger partial charge on any atom is 0.255 e. The highest BCUT2D eigenvalue weighted by molar-refractivity contribution is 5.95. The molecule has 0 saturated heterocycles. The predicted octanol–water partition coefficient (Wildman–Crippen LogP) is 3.23. The summed E-state index contributed by atoms with van der Waals surface area (Å²) in [5.41, 5.74) is 1.28. The molecule has 0 aliphatic heterocycles. The van der Waals surface area contributed by atoms with E-state index in [0.29, 0.717) is 11.1 Å². The van der Waals surface area contributed by atoms with Crippen molar-refractivity contribution in [3.8, 4) is 0 Å². The summed E-state index contributed by atoms with van der Waals surface area (Å²) in [5, 5.41) is 2.62. The largest absolute Gasteiger partial charge is 0.329 e. The second kappa shape index (κ2) is 5.77. The first kappa shape index (κ1) is 12.0. The molecule has 0 radical (unpaired) electrons. The standard InChI is InChI=1S/C15H12FNO/c16-14-8-4-5-12(11-14)9-10-17-15(18)13-6-2-1-3-7-13/h1-11H,(H,17,18)/b10-9+.